The molecule has 1 aliphatic heterocycles. The van der Waals surface area contributed by atoms with Gasteiger partial charge in [-0.25, -0.2) is 0 Å². The number of carbonyl (C=O) groups is 2. The molecule has 6 heteroatoms. The van der Waals surface area contributed by atoms with Gasteiger partial charge >= 0.3 is 0 Å². The largest absolute Gasteiger partial charge is 0.333 e. The first kappa shape index (κ1) is 12.6. The van der Waals surface area contributed by atoms with E-state index in [-0.39, 0.29) is 18.4 Å². The van der Waals surface area contributed by atoms with E-state index < -0.39 is 0 Å². The van der Waals surface area contributed by atoms with Crippen molar-refractivity contribution in [2.75, 3.05) is 18.4 Å². The molecule has 1 fully saturated rings. The molecule has 0 spiro atoms. The summed E-state index contributed by atoms with van der Waals surface area (Å²) in [6, 6.07) is 0. The number of nitrogens with one attached hydrogen (secondary N) is 2. The molecule has 2 heterocycles. The minimum absolute atomic E-state index is 0.0806. The smallest absolute Gasteiger partial charge is 0.244 e. The number of rotatable bonds is 3. The molecule has 1 saturated heterocycles. The third kappa shape index (κ3) is 3.58. The van der Waals surface area contributed by atoms with Gasteiger partial charge in [-0.3, -0.25) is 14.7 Å². The third-order valence-electron chi connectivity index (χ3n) is 3.04. The highest BCUT2D eigenvalue weighted by Gasteiger charge is 2.18. The van der Waals surface area contributed by atoms with E-state index in [1.165, 1.54) is 6.20 Å². The van der Waals surface area contributed by atoms with Gasteiger partial charge in [-0.15, -0.1) is 0 Å². The van der Waals surface area contributed by atoms with Crippen LogP contribution in [0.2, 0.25) is 0 Å². The zero-order valence-electron chi connectivity index (χ0n) is 10.3. The molecule has 18 heavy (non-hydrogen) atoms. The number of amides is 2. The van der Waals surface area contributed by atoms with Crippen molar-refractivity contribution in [1.82, 2.24) is 15.1 Å². The van der Waals surface area contributed by atoms with Crippen LogP contribution in [-0.4, -0.2) is 40.0 Å². The van der Waals surface area contributed by atoms with E-state index in [9.17, 15) is 9.59 Å². The summed E-state index contributed by atoms with van der Waals surface area (Å²) in [6.07, 6.45) is 7.84. The number of aromatic amines is 1. The summed E-state index contributed by atoms with van der Waals surface area (Å²) >= 11 is 0. The maximum Gasteiger partial charge on any atom is 0.244 e. The minimum atomic E-state index is -0.176. The van der Waals surface area contributed by atoms with E-state index in [4.69, 9.17) is 0 Å². The van der Waals surface area contributed by atoms with Crippen molar-refractivity contribution in [3.05, 3.63) is 12.4 Å². The predicted molar refractivity (Wildman–Crippen MR) is 66.9 cm³/mol. The van der Waals surface area contributed by atoms with Crippen LogP contribution in [0.15, 0.2) is 12.4 Å². The molecule has 0 radical (unpaired) electrons. The van der Waals surface area contributed by atoms with Crippen LogP contribution in [0.25, 0.3) is 0 Å². The van der Waals surface area contributed by atoms with Crippen molar-refractivity contribution < 1.29 is 9.59 Å². The lowest BCUT2D eigenvalue weighted by molar-refractivity contribution is -0.135. The van der Waals surface area contributed by atoms with Gasteiger partial charge in [0.1, 0.15) is 0 Å². The van der Waals surface area contributed by atoms with E-state index in [0.29, 0.717) is 18.7 Å². The van der Waals surface area contributed by atoms with E-state index >= 15 is 0 Å². The molecule has 0 atom stereocenters. The number of hydrogen-bond donors (Lipinski definition) is 2. The highest BCUT2D eigenvalue weighted by atomic mass is 16.2. The van der Waals surface area contributed by atoms with Crippen LogP contribution < -0.4 is 5.32 Å². The van der Waals surface area contributed by atoms with E-state index in [1.54, 1.807) is 11.1 Å². The van der Waals surface area contributed by atoms with E-state index in [0.717, 1.165) is 25.7 Å². The quantitative estimate of drug-likeness (QED) is 0.844. The van der Waals surface area contributed by atoms with Crippen LogP contribution in [0.1, 0.15) is 32.1 Å². The molecule has 2 rings (SSSR count). The first-order valence-corrected chi connectivity index (χ1v) is 6.32. The minimum Gasteiger partial charge on any atom is -0.333 e. The van der Waals surface area contributed by atoms with Gasteiger partial charge in [-0.1, -0.05) is 12.8 Å². The fourth-order valence-corrected chi connectivity index (χ4v) is 2.08. The molecule has 2 amide bonds. The lowest BCUT2D eigenvalue weighted by Gasteiger charge is -2.24. The van der Waals surface area contributed by atoms with Gasteiger partial charge in [0.25, 0.3) is 0 Å². The number of H-pyrrole nitrogens is 1. The van der Waals surface area contributed by atoms with Crippen LogP contribution >= 0.6 is 0 Å². The second kappa shape index (κ2) is 6.18. The van der Waals surface area contributed by atoms with Crippen molar-refractivity contribution in [2.45, 2.75) is 32.1 Å². The van der Waals surface area contributed by atoms with Gasteiger partial charge < -0.3 is 10.2 Å². The zero-order valence-corrected chi connectivity index (χ0v) is 10.3. The molecular weight excluding hydrogens is 232 g/mol. The SMILES string of the molecule is O=C(CN1CCCCCCC1=O)Nc1cn[nH]c1. The fraction of sp³-hybridized carbons (Fsp3) is 0.583. The number of carbonyl (C=O) groups excluding carboxylic acids is 2. The van der Waals surface area contributed by atoms with Gasteiger partial charge in [0, 0.05) is 19.2 Å². The Morgan fingerprint density at radius 2 is 2.22 bits per heavy atom. The van der Waals surface area contributed by atoms with Gasteiger partial charge in [-0.2, -0.15) is 5.10 Å². The number of aromatic nitrogens is 2. The van der Waals surface area contributed by atoms with E-state index in [2.05, 4.69) is 15.5 Å². The zero-order chi connectivity index (χ0) is 12.8. The average Bonchev–Trinajstić information content (AvgIpc) is 2.81. The molecule has 0 saturated carbocycles. The van der Waals surface area contributed by atoms with Crippen molar-refractivity contribution in [2.24, 2.45) is 0 Å². The molecule has 0 bridgehead atoms. The first-order valence-electron chi connectivity index (χ1n) is 6.32. The highest BCUT2D eigenvalue weighted by molar-refractivity contribution is 5.94. The molecule has 1 aromatic rings. The van der Waals surface area contributed by atoms with Crippen LogP contribution in [0.4, 0.5) is 5.69 Å². The third-order valence-corrected chi connectivity index (χ3v) is 3.04. The molecule has 0 aromatic carbocycles. The van der Waals surface area contributed by atoms with Gasteiger partial charge in [-0.05, 0) is 12.8 Å². The molecule has 6 nitrogen and oxygen atoms in total. The topological polar surface area (TPSA) is 78.1 Å². The molecule has 1 aliphatic rings. The molecule has 1 aromatic heterocycles. The summed E-state index contributed by atoms with van der Waals surface area (Å²) in [5.41, 5.74) is 0.625. The summed E-state index contributed by atoms with van der Waals surface area (Å²) < 4.78 is 0. The number of nitrogens with zero attached hydrogens (tertiary/aromatic N) is 2. The maximum atomic E-state index is 11.8. The Bertz CT molecular complexity index is 402. The lowest BCUT2D eigenvalue weighted by Crippen LogP contribution is -2.39. The molecule has 98 valence electrons. The van der Waals surface area contributed by atoms with Crippen LogP contribution in [0.3, 0.4) is 0 Å². The lowest BCUT2D eigenvalue weighted by atomic mass is 10.1. The Labute approximate surface area is 106 Å². The summed E-state index contributed by atoms with van der Waals surface area (Å²) in [7, 11) is 0. The van der Waals surface area contributed by atoms with Crippen molar-refractivity contribution >= 4 is 17.5 Å². The second-order valence-corrected chi connectivity index (χ2v) is 4.51. The normalized spacial score (nSPS) is 17.1. The van der Waals surface area contributed by atoms with Gasteiger partial charge in [0.15, 0.2) is 0 Å². The Balaban J connectivity index is 1.86. The second-order valence-electron chi connectivity index (χ2n) is 4.51. The highest BCUT2D eigenvalue weighted by Crippen LogP contribution is 2.11. The van der Waals surface area contributed by atoms with Crippen LogP contribution in [0, 0.1) is 0 Å². The summed E-state index contributed by atoms with van der Waals surface area (Å²) in [5.74, 6) is -0.0950. The number of hydrogen-bond acceptors (Lipinski definition) is 3. The van der Waals surface area contributed by atoms with Crippen molar-refractivity contribution in [3.8, 4) is 0 Å². The number of anilines is 1. The molecule has 0 aliphatic carbocycles. The van der Waals surface area contributed by atoms with E-state index in [1.807, 2.05) is 0 Å². The fourth-order valence-electron chi connectivity index (χ4n) is 2.08. The summed E-state index contributed by atoms with van der Waals surface area (Å²) in [5, 5.41) is 9.06. The van der Waals surface area contributed by atoms with Gasteiger partial charge in [0.2, 0.25) is 11.8 Å². The average molecular weight is 250 g/mol. The Morgan fingerprint density at radius 1 is 1.39 bits per heavy atom. The summed E-state index contributed by atoms with van der Waals surface area (Å²) in [6.45, 7) is 0.807. The standard InChI is InChI=1S/C12H18N4O2/c17-11(15-10-7-13-14-8-10)9-16-6-4-2-1-3-5-12(16)18/h7-8H,1-6,9H2,(H,13,14)(H,15,17). The van der Waals surface area contributed by atoms with Crippen molar-refractivity contribution in [1.29, 1.82) is 0 Å². The number of likely N-dealkylation sites (tertiary alicyclic amines) is 1. The van der Waals surface area contributed by atoms with Crippen molar-refractivity contribution in [3.63, 3.8) is 0 Å². The molecule has 0 unspecified atom stereocenters. The monoisotopic (exact) mass is 250 g/mol. The Kier molecular flexibility index (Phi) is 4.33. The maximum absolute atomic E-state index is 11.8. The van der Waals surface area contributed by atoms with Gasteiger partial charge in [0.05, 0.1) is 18.4 Å². The molecule has 2 N–H and O–H groups in total. The Hall–Kier alpha value is -1.85. The summed E-state index contributed by atoms with van der Waals surface area (Å²) in [4.78, 5) is 25.3. The first-order chi connectivity index (χ1) is 8.75. The predicted octanol–water partition coefficient (Wildman–Crippen LogP) is 1.14. The molecular formula is C12H18N4O2. The van der Waals surface area contributed by atoms with Crippen LogP contribution in [0.5, 0.6) is 0 Å². The Morgan fingerprint density at radius 3 is 3.00 bits per heavy atom. The van der Waals surface area contributed by atoms with Crippen LogP contribution in [-0.2, 0) is 9.59 Å².